The van der Waals surface area contributed by atoms with Gasteiger partial charge < -0.3 is 5.73 Å². The van der Waals surface area contributed by atoms with Gasteiger partial charge in [0.05, 0.1) is 16.4 Å². The molecule has 108 valence electrons. The second kappa shape index (κ2) is 5.84. The molecule has 1 aliphatic rings. The quantitative estimate of drug-likeness (QED) is 0.921. The second-order valence-electron chi connectivity index (χ2n) is 6.27. The van der Waals surface area contributed by atoms with Gasteiger partial charge in [0.25, 0.3) is 0 Å². The molecule has 0 aromatic carbocycles. The van der Waals surface area contributed by atoms with E-state index in [1.807, 2.05) is 11.7 Å². The Morgan fingerprint density at radius 1 is 1.53 bits per heavy atom. The topological polar surface area (TPSA) is 43.8 Å². The fourth-order valence-electron chi connectivity index (χ4n) is 3.55. The van der Waals surface area contributed by atoms with Gasteiger partial charge in [-0.2, -0.15) is 5.10 Å². The van der Waals surface area contributed by atoms with Gasteiger partial charge in [-0.15, -0.1) is 0 Å². The van der Waals surface area contributed by atoms with E-state index >= 15 is 0 Å². The summed E-state index contributed by atoms with van der Waals surface area (Å²) in [6.07, 6.45) is 6.91. The molecular formula is C15H26ClN3. The maximum Gasteiger partial charge on any atom is 0.0849 e. The number of aromatic nitrogens is 2. The summed E-state index contributed by atoms with van der Waals surface area (Å²) in [5, 5.41) is 5.38. The van der Waals surface area contributed by atoms with Crippen molar-refractivity contribution in [1.29, 1.82) is 0 Å². The summed E-state index contributed by atoms with van der Waals surface area (Å²) in [5.41, 5.74) is 8.51. The lowest BCUT2D eigenvalue weighted by atomic mass is 9.67. The average molecular weight is 284 g/mol. The maximum absolute atomic E-state index is 6.48. The van der Waals surface area contributed by atoms with Gasteiger partial charge in [0.1, 0.15) is 0 Å². The molecule has 1 fully saturated rings. The standard InChI is InChI=1S/C15H26ClN3/c1-4-12-14(16)13(19(3)18-12)9-15(10-17)7-5-6-11(2)8-15/h11H,4-10,17H2,1-3H3. The molecule has 19 heavy (non-hydrogen) atoms. The SMILES string of the molecule is CCc1nn(C)c(CC2(CN)CCCC(C)C2)c1Cl. The third kappa shape index (κ3) is 2.97. The second-order valence-corrected chi connectivity index (χ2v) is 6.64. The highest BCUT2D eigenvalue weighted by Crippen LogP contribution is 2.42. The molecule has 1 aliphatic carbocycles. The van der Waals surface area contributed by atoms with Crippen LogP contribution in [-0.2, 0) is 19.9 Å². The van der Waals surface area contributed by atoms with E-state index in [9.17, 15) is 0 Å². The van der Waals surface area contributed by atoms with E-state index in [4.69, 9.17) is 17.3 Å². The van der Waals surface area contributed by atoms with Crippen molar-refractivity contribution < 1.29 is 0 Å². The first-order valence-corrected chi connectivity index (χ1v) is 7.79. The predicted molar refractivity (Wildman–Crippen MR) is 80.4 cm³/mol. The molecule has 1 saturated carbocycles. The Kier molecular flexibility index (Phi) is 4.57. The summed E-state index contributed by atoms with van der Waals surface area (Å²) < 4.78 is 1.96. The minimum absolute atomic E-state index is 0.222. The number of nitrogens with two attached hydrogens (primary N) is 1. The minimum atomic E-state index is 0.222. The van der Waals surface area contributed by atoms with Gasteiger partial charge in [-0.25, -0.2) is 0 Å². The van der Waals surface area contributed by atoms with E-state index in [1.165, 1.54) is 25.7 Å². The van der Waals surface area contributed by atoms with Crippen LogP contribution < -0.4 is 5.73 Å². The lowest BCUT2D eigenvalue weighted by Crippen LogP contribution is -2.37. The monoisotopic (exact) mass is 283 g/mol. The van der Waals surface area contributed by atoms with E-state index in [0.29, 0.717) is 0 Å². The average Bonchev–Trinajstić information content (AvgIpc) is 2.66. The van der Waals surface area contributed by atoms with Crippen molar-refractivity contribution in [2.24, 2.45) is 24.1 Å². The molecule has 0 aliphatic heterocycles. The van der Waals surface area contributed by atoms with Gasteiger partial charge in [-0.1, -0.05) is 38.3 Å². The number of hydrogen-bond acceptors (Lipinski definition) is 2. The lowest BCUT2D eigenvalue weighted by Gasteiger charge is -2.39. The first-order chi connectivity index (χ1) is 9.01. The molecule has 0 bridgehead atoms. The predicted octanol–water partition coefficient (Wildman–Crippen LogP) is 3.33. The Hall–Kier alpha value is -0.540. The summed E-state index contributed by atoms with van der Waals surface area (Å²) in [6, 6.07) is 0. The molecule has 2 unspecified atom stereocenters. The highest BCUT2D eigenvalue weighted by Gasteiger charge is 2.35. The molecule has 0 radical (unpaired) electrons. The van der Waals surface area contributed by atoms with Crippen molar-refractivity contribution >= 4 is 11.6 Å². The number of aryl methyl sites for hydroxylation is 2. The van der Waals surface area contributed by atoms with Gasteiger partial charge in [-0.3, -0.25) is 4.68 Å². The van der Waals surface area contributed by atoms with Gasteiger partial charge in [0, 0.05) is 7.05 Å². The highest BCUT2D eigenvalue weighted by atomic mass is 35.5. The molecule has 2 atom stereocenters. The largest absolute Gasteiger partial charge is 0.330 e. The van der Waals surface area contributed by atoms with Gasteiger partial charge >= 0.3 is 0 Å². The van der Waals surface area contributed by atoms with Crippen molar-refractivity contribution in [1.82, 2.24) is 9.78 Å². The number of halogens is 1. The summed E-state index contributed by atoms with van der Waals surface area (Å²) in [7, 11) is 2.00. The third-order valence-electron chi connectivity index (χ3n) is 4.66. The van der Waals surface area contributed by atoms with E-state index < -0.39 is 0 Å². The van der Waals surface area contributed by atoms with Crippen LogP contribution in [0.25, 0.3) is 0 Å². The molecular weight excluding hydrogens is 258 g/mol. The Labute approximate surface area is 121 Å². The van der Waals surface area contributed by atoms with Crippen LogP contribution in [0.15, 0.2) is 0 Å². The molecule has 0 spiro atoms. The fraction of sp³-hybridized carbons (Fsp3) is 0.800. The van der Waals surface area contributed by atoms with Crippen molar-refractivity contribution in [2.45, 2.75) is 52.4 Å². The Bertz CT molecular complexity index is 441. The first-order valence-electron chi connectivity index (χ1n) is 7.41. The molecule has 1 aromatic heterocycles. The first kappa shape index (κ1) is 14.9. The number of hydrogen-bond donors (Lipinski definition) is 1. The van der Waals surface area contributed by atoms with Crippen molar-refractivity contribution in [2.75, 3.05) is 6.54 Å². The van der Waals surface area contributed by atoms with Crippen LogP contribution >= 0.6 is 11.6 Å². The van der Waals surface area contributed by atoms with Crippen LogP contribution in [0.4, 0.5) is 0 Å². The molecule has 2 N–H and O–H groups in total. The van der Waals surface area contributed by atoms with Crippen molar-refractivity contribution in [3.8, 4) is 0 Å². The zero-order valence-electron chi connectivity index (χ0n) is 12.4. The van der Waals surface area contributed by atoms with Crippen molar-refractivity contribution in [3.05, 3.63) is 16.4 Å². The maximum atomic E-state index is 6.48. The summed E-state index contributed by atoms with van der Waals surface area (Å²) in [5.74, 6) is 0.773. The summed E-state index contributed by atoms with van der Waals surface area (Å²) >= 11 is 6.48. The number of rotatable bonds is 4. The Morgan fingerprint density at radius 3 is 2.79 bits per heavy atom. The fourth-order valence-corrected chi connectivity index (χ4v) is 3.91. The van der Waals surface area contributed by atoms with Crippen molar-refractivity contribution in [3.63, 3.8) is 0 Å². The molecule has 2 rings (SSSR count). The Morgan fingerprint density at radius 2 is 2.26 bits per heavy atom. The normalized spacial score (nSPS) is 27.7. The minimum Gasteiger partial charge on any atom is -0.330 e. The van der Waals surface area contributed by atoms with Gasteiger partial charge in [-0.05, 0) is 43.6 Å². The molecule has 0 saturated heterocycles. The summed E-state index contributed by atoms with van der Waals surface area (Å²) in [6.45, 7) is 5.19. The zero-order chi connectivity index (χ0) is 14.0. The Balaban J connectivity index is 2.25. The van der Waals surface area contributed by atoms with E-state index in [0.717, 1.165) is 41.7 Å². The molecule has 0 amide bonds. The lowest BCUT2D eigenvalue weighted by molar-refractivity contribution is 0.151. The van der Waals surface area contributed by atoms with E-state index in [-0.39, 0.29) is 5.41 Å². The smallest absolute Gasteiger partial charge is 0.0849 e. The highest BCUT2D eigenvalue weighted by molar-refractivity contribution is 6.31. The van der Waals surface area contributed by atoms with Crippen LogP contribution in [0.3, 0.4) is 0 Å². The molecule has 1 aromatic rings. The molecule has 4 heteroatoms. The van der Waals surface area contributed by atoms with Crippen LogP contribution in [0, 0.1) is 11.3 Å². The van der Waals surface area contributed by atoms with Crippen LogP contribution in [0.5, 0.6) is 0 Å². The number of nitrogens with zero attached hydrogens (tertiary/aromatic N) is 2. The zero-order valence-corrected chi connectivity index (χ0v) is 13.1. The molecule has 3 nitrogen and oxygen atoms in total. The van der Waals surface area contributed by atoms with Crippen LogP contribution in [-0.4, -0.2) is 16.3 Å². The molecule has 1 heterocycles. The third-order valence-corrected chi connectivity index (χ3v) is 5.10. The van der Waals surface area contributed by atoms with Gasteiger partial charge in [0.15, 0.2) is 0 Å². The van der Waals surface area contributed by atoms with Crippen LogP contribution in [0.1, 0.15) is 50.9 Å². The van der Waals surface area contributed by atoms with E-state index in [1.54, 1.807) is 0 Å². The summed E-state index contributed by atoms with van der Waals surface area (Å²) in [4.78, 5) is 0. The van der Waals surface area contributed by atoms with Gasteiger partial charge in [0.2, 0.25) is 0 Å². The van der Waals surface area contributed by atoms with E-state index in [2.05, 4.69) is 18.9 Å². The van der Waals surface area contributed by atoms with Crippen LogP contribution in [0.2, 0.25) is 5.02 Å².